The third-order valence-corrected chi connectivity index (χ3v) is 2.85. The minimum Gasteiger partial charge on any atom is -0.393 e. The van der Waals surface area contributed by atoms with E-state index in [4.69, 9.17) is 5.73 Å². The van der Waals surface area contributed by atoms with E-state index in [1.807, 2.05) is 24.3 Å². The van der Waals surface area contributed by atoms with E-state index >= 15 is 0 Å². The number of aromatic amines is 1. The van der Waals surface area contributed by atoms with E-state index in [1.165, 1.54) is 6.07 Å². The Balaban J connectivity index is 2.47. The number of nitro groups is 1. The average Bonchev–Trinajstić information content (AvgIpc) is 2.64. The molecule has 0 aliphatic carbocycles. The Labute approximate surface area is 96.0 Å². The molecule has 84 valence electrons. The minimum atomic E-state index is -0.462. The lowest BCUT2D eigenvalue weighted by Gasteiger charge is -1.97. The topological polar surface area (TPSA) is 85.0 Å². The summed E-state index contributed by atoms with van der Waals surface area (Å²) in [5.74, 6) is 0. The van der Waals surface area contributed by atoms with Crippen LogP contribution in [0.4, 0.5) is 11.4 Å². The van der Waals surface area contributed by atoms with Crippen LogP contribution in [0.15, 0.2) is 36.4 Å². The molecule has 3 rings (SSSR count). The van der Waals surface area contributed by atoms with Gasteiger partial charge >= 0.3 is 0 Å². The Morgan fingerprint density at radius 1 is 1.12 bits per heavy atom. The Hall–Kier alpha value is -2.56. The zero-order chi connectivity index (χ0) is 12.0. The van der Waals surface area contributed by atoms with E-state index in [1.54, 1.807) is 6.07 Å². The Kier molecular flexibility index (Phi) is 1.82. The van der Waals surface area contributed by atoms with Crippen molar-refractivity contribution in [3.8, 4) is 0 Å². The lowest BCUT2D eigenvalue weighted by molar-refractivity contribution is -0.383. The Bertz CT molecular complexity index is 746. The number of benzene rings is 2. The molecular weight excluding hydrogens is 218 g/mol. The summed E-state index contributed by atoms with van der Waals surface area (Å²) in [4.78, 5) is 13.6. The number of hydrogen-bond donors (Lipinski definition) is 2. The molecule has 0 saturated heterocycles. The van der Waals surface area contributed by atoms with Gasteiger partial charge in [-0.25, -0.2) is 0 Å². The lowest BCUT2D eigenvalue weighted by atomic mass is 10.1. The van der Waals surface area contributed by atoms with E-state index in [0.29, 0.717) is 0 Å². The van der Waals surface area contributed by atoms with E-state index in [-0.39, 0.29) is 11.4 Å². The molecular formula is C12H9N3O2. The van der Waals surface area contributed by atoms with Crippen molar-refractivity contribution >= 4 is 33.2 Å². The van der Waals surface area contributed by atoms with Gasteiger partial charge in [0.1, 0.15) is 5.69 Å². The fourth-order valence-corrected chi connectivity index (χ4v) is 2.06. The molecule has 2 aromatic carbocycles. The summed E-state index contributed by atoms with van der Waals surface area (Å²) in [7, 11) is 0. The largest absolute Gasteiger partial charge is 0.393 e. The molecule has 0 bridgehead atoms. The number of nitrogens with one attached hydrogen (secondary N) is 1. The van der Waals surface area contributed by atoms with Crippen molar-refractivity contribution in [1.29, 1.82) is 0 Å². The van der Waals surface area contributed by atoms with Crippen molar-refractivity contribution in [2.24, 2.45) is 0 Å². The second-order valence-electron chi connectivity index (χ2n) is 3.88. The third kappa shape index (κ3) is 1.32. The van der Waals surface area contributed by atoms with Crippen molar-refractivity contribution in [3.63, 3.8) is 0 Å². The van der Waals surface area contributed by atoms with E-state index in [2.05, 4.69) is 4.98 Å². The van der Waals surface area contributed by atoms with Crippen molar-refractivity contribution < 1.29 is 4.92 Å². The standard InChI is InChI=1S/C12H9N3O2/c13-9-6-11-8(5-12(9)15(16)17)7-3-1-2-4-10(7)14-11/h1-6,14H,13H2. The first-order valence-corrected chi connectivity index (χ1v) is 5.11. The van der Waals surface area contributed by atoms with Crippen LogP contribution in [0.1, 0.15) is 0 Å². The second-order valence-corrected chi connectivity index (χ2v) is 3.88. The summed E-state index contributed by atoms with van der Waals surface area (Å²) < 4.78 is 0. The summed E-state index contributed by atoms with van der Waals surface area (Å²) in [6.07, 6.45) is 0. The molecule has 0 aliphatic heterocycles. The van der Waals surface area contributed by atoms with Crippen LogP contribution in [0.2, 0.25) is 0 Å². The maximum Gasteiger partial charge on any atom is 0.292 e. The zero-order valence-electron chi connectivity index (χ0n) is 8.81. The predicted molar refractivity (Wildman–Crippen MR) is 66.9 cm³/mol. The van der Waals surface area contributed by atoms with Gasteiger partial charge in [0.2, 0.25) is 0 Å². The molecule has 0 spiro atoms. The fourth-order valence-electron chi connectivity index (χ4n) is 2.06. The predicted octanol–water partition coefficient (Wildman–Crippen LogP) is 2.81. The van der Waals surface area contributed by atoms with E-state index < -0.39 is 4.92 Å². The normalized spacial score (nSPS) is 11.1. The summed E-state index contributed by atoms with van der Waals surface area (Å²) in [5, 5.41) is 12.6. The van der Waals surface area contributed by atoms with Gasteiger partial charge in [0.15, 0.2) is 0 Å². The highest BCUT2D eigenvalue weighted by molar-refractivity contribution is 6.09. The van der Waals surface area contributed by atoms with Gasteiger partial charge in [-0.3, -0.25) is 10.1 Å². The summed E-state index contributed by atoms with van der Waals surface area (Å²) >= 11 is 0. The number of rotatable bonds is 1. The zero-order valence-corrected chi connectivity index (χ0v) is 8.81. The number of nitrogens with two attached hydrogens (primary N) is 1. The van der Waals surface area contributed by atoms with Crippen LogP contribution < -0.4 is 5.73 Å². The summed E-state index contributed by atoms with van der Waals surface area (Å²) in [6, 6.07) is 10.8. The molecule has 0 radical (unpaired) electrons. The van der Waals surface area contributed by atoms with Gasteiger partial charge < -0.3 is 10.7 Å². The molecule has 0 aliphatic rings. The van der Waals surface area contributed by atoms with Crippen LogP contribution in [0, 0.1) is 10.1 Å². The number of nitrogens with zero attached hydrogens (tertiary/aromatic N) is 1. The van der Waals surface area contributed by atoms with Gasteiger partial charge in [-0.1, -0.05) is 18.2 Å². The SMILES string of the molecule is Nc1cc2[nH]c3ccccc3c2cc1[N+](=O)[O-]. The number of hydrogen-bond acceptors (Lipinski definition) is 3. The van der Waals surface area contributed by atoms with Crippen LogP contribution in [-0.4, -0.2) is 9.91 Å². The van der Waals surface area contributed by atoms with Crippen LogP contribution in [-0.2, 0) is 0 Å². The number of fused-ring (bicyclic) bond motifs is 3. The fraction of sp³-hybridized carbons (Fsp3) is 0. The minimum absolute atomic E-state index is 0.0535. The van der Waals surface area contributed by atoms with Gasteiger partial charge in [-0.2, -0.15) is 0 Å². The summed E-state index contributed by atoms with van der Waals surface area (Å²) in [5.41, 5.74) is 7.53. The number of para-hydroxylation sites is 1. The van der Waals surface area contributed by atoms with Crippen LogP contribution in [0.25, 0.3) is 21.8 Å². The Morgan fingerprint density at radius 2 is 1.88 bits per heavy atom. The Morgan fingerprint density at radius 3 is 2.65 bits per heavy atom. The molecule has 0 atom stereocenters. The van der Waals surface area contributed by atoms with E-state index in [0.717, 1.165) is 21.8 Å². The number of nitro benzene ring substituents is 1. The first-order chi connectivity index (χ1) is 8.16. The average molecular weight is 227 g/mol. The highest BCUT2D eigenvalue weighted by atomic mass is 16.6. The van der Waals surface area contributed by atoms with Crippen LogP contribution >= 0.6 is 0 Å². The molecule has 3 aromatic rings. The van der Waals surface area contributed by atoms with Gasteiger partial charge in [-0.05, 0) is 12.1 Å². The molecule has 0 saturated carbocycles. The van der Waals surface area contributed by atoms with Crippen LogP contribution in [0.3, 0.4) is 0 Å². The molecule has 1 heterocycles. The van der Waals surface area contributed by atoms with Gasteiger partial charge in [0.05, 0.1) is 4.92 Å². The first-order valence-electron chi connectivity index (χ1n) is 5.11. The van der Waals surface area contributed by atoms with Crippen LogP contribution in [0.5, 0.6) is 0 Å². The first kappa shape index (κ1) is 9.65. The molecule has 0 fully saturated rings. The molecule has 0 amide bonds. The van der Waals surface area contributed by atoms with Gasteiger partial charge in [0.25, 0.3) is 5.69 Å². The highest BCUT2D eigenvalue weighted by Crippen LogP contribution is 2.32. The molecule has 0 unspecified atom stereocenters. The second kappa shape index (κ2) is 3.21. The number of nitrogen functional groups attached to an aromatic ring is 1. The molecule has 5 heteroatoms. The number of aromatic nitrogens is 1. The quantitative estimate of drug-likeness (QED) is 0.381. The lowest BCUT2D eigenvalue weighted by Crippen LogP contribution is -1.94. The van der Waals surface area contributed by atoms with Crippen molar-refractivity contribution in [2.45, 2.75) is 0 Å². The van der Waals surface area contributed by atoms with Gasteiger partial charge in [-0.15, -0.1) is 0 Å². The third-order valence-electron chi connectivity index (χ3n) is 2.85. The number of H-pyrrole nitrogens is 1. The summed E-state index contributed by atoms with van der Waals surface area (Å²) in [6.45, 7) is 0. The maximum absolute atomic E-state index is 10.8. The van der Waals surface area contributed by atoms with E-state index in [9.17, 15) is 10.1 Å². The smallest absolute Gasteiger partial charge is 0.292 e. The highest BCUT2D eigenvalue weighted by Gasteiger charge is 2.14. The number of anilines is 1. The molecule has 17 heavy (non-hydrogen) atoms. The van der Waals surface area contributed by atoms with Gasteiger partial charge in [0, 0.05) is 27.9 Å². The van der Waals surface area contributed by atoms with Crippen molar-refractivity contribution in [1.82, 2.24) is 4.98 Å². The van der Waals surface area contributed by atoms with Crippen molar-refractivity contribution in [2.75, 3.05) is 5.73 Å². The van der Waals surface area contributed by atoms with Crippen molar-refractivity contribution in [3.05, 3.63) is 46.5 Å². The molecule has 5 nitrogen and oxygen atoms in total. The maximum atomic E-state index is 10.8. The monoisotopic (exact) mass is 227 g/mol. The molecule has 3 N–H and O–H groups in total. The molecule has 1 aromatic heterocycles.